The zero-order valence-corrected chi connectivity index (χ0v) is 18.4. The molecule has 0 aliphatic rings. The monoisotopic (exact) mass is 425 g/mol. The minimum absolute atomic E-state index is 0.146. The van der Waals surface area contributed by atoms with Crippen LogP contribution in [0.25, 0.3) is 54.3 Å². The van der Waals surface area contributed by atoms with Crippen molar-refractivity contribution >= 4 is 59.9 Å². The third kappa shape index (κ3) is 2.67. The zero-order valence-electron chi connectivity index (χ0n) is 18.4. The van der Waals surface area contributed by atoms with Crippen LogP contribution in [-0.2, 0) is 0 Å². The normalized spacial score (nSPS) is 13.0. The molecule has 1 aromatic heterocycles. The molecule has 0 bridgehead atoms. The van der Waals surface area contributed by atoms with Gasteiger partial charge in [-0.15, -0.1) is 0 Å². The molecule has 1 N–H and O–H groups in total. The van der Waals surface area contributed by atoms with Crippen LogP contribution in [0.4, 0.5) is 5.69 Å². The number of hydrogen-bond donors (Lipinski definition) is 1. The molecular weight excluding hydrogens is 402 g/mol. The van der Waals surface area contributed by atoms with Gasteiger partial charge in [-0.2, -0.15) is 0 Å². The summed E-state index contributed by atoms with van der Waals surface area (Å²) in [4.78, 5) is 0. The molecule has 0 fully saturated rings. The molecular formula is C31H23NO. The van der Waals surface area contributed by atoms with Crippen LogP contribution in [0.3, 0.4) is 0 Å². The molecule has 0 unspecified atom stereocenters. The molecule has 1 heterocycles. The number of benzene rings is 6. The quantitative estimate of drug-likeness (QED) is 0.285. The van der Waals surface area contributed by atoms with Gasteiger partial charge in [-0.1, -0.05) is 91.9 Å². The molecule has 7 rings (SSSR count). The third-order valence-corrected chi connectivity index (χ3v) is 7.08. The van der Waals surface area contributed by atoms with Crippen LogP contribution in [0.1, 0.15) is 24.9 Å². The van der Waals surface area contributed by atoms with Gasteiger partial charge in [-0.05, 0) is 45.5 Å². The second-order valence-electron chi connectivity index (χ2n) is 8.90. The van der Waals surface area contributed by atoms with Crippen molar-refractivity contribution in [3.05, 3.63) is 103 Å². The fraction of sp³-hybridized carbons (Fsp3) is 0.0968. The van der Waals surface area contributed by atoms with Gasteiger partial charge in [0.15, 0.2) is 0 Å². The topological polar surface area (TPSA) is 25.2 Å². The number of fused-ring (bicyclic) bond motifs is 3. The molecule has 158 valence electrons. The lowest BCUT2D eigenvalue weighted by atomic mass is 9.93. The minimum Gasteiger partial charge on any atom is -0.456 e. The average molecular weight is 426 g/mol. The lowest BCUT2D eigenvalue weighted by Gasteiger charge is -2.21. The van der Waals surface area contributed by atoms with E-state index in [-0.39, 0.29) is 6.04 Å². The highest BCUT2D eigenvalue weighted by Crippen LogP contribution is 2.40. The molecule has 0 aliphatic carbocycles. The Labute approximate surface area is 191 Å². The summed E-state index contributed by atoms with van der Waals surface area (Å²) in [5, 5.41) is 14.1. The molecule has 33 heavy (non-hydrogen) atoms. The van der Waals surface area contributed by atoms with E-state index in [2.05, 4.69) is 103 Å². The zero-order chi connectivity index (χ0) is 21.9. The number of furan rings is 1. The Morgan fingerprint density at radius 1 is 0.636 bits per heavy atom. The van der Waals surface area contributed by atoms with Crippen LogP contribution >= 0.6 is 0 Å². The molecule has 2 nitrogen and oxygen atoms in total. The van der Waals surface area contributed by atoms with E-state index in [9.17, 15) is 0 Å². The summed E-state index contributed by atoms with van der Waals surface area (Å²) in [5.74, 6) is 0. The van der Waals surface area contributed by atoms with Crippen molar-refractivity contribution in [3.63, 3.8) is 0 Å². The Balaban J connectivity index is 1.41. The fourth-order valence-corrected chi connectivity index (χ4v) is 5.49. The van der Waals surface area contributed by atoms with Gasteiger partial charge in [-0.3, -0.25) is 0 Å². The number of rotatable bonds is 4. The van der Waals surface area contributed by atoms with Crippen molar-refractivity contribution in [3.8, 4) is 0 Å². The largest absolute Gasteiger partial charge is 0.456 e. The first-order valence-corrected chi connectivity index (χ1v) is 11.6. The summed E-state index contributed by atoms with van der Waals surface area (Å²) in [5.41, 5.74) is 4.30. The molecule has 0 saturated heterocycles. The SMILES string of the molecule is CC[C@@H](Nc1ccc2ccc3cccc4ccc1c2c34)c1cccc2c1oc1ccccc12. The number of para-hydroxylation sites is 2. The van der Waals surface area contributed by atoms with Gasteiger partial charge in [0.25, 0.3) is 0 Å². The molecule has 0 amide bonds. The number of anilines is 1. The first kappa shape index (κ1) is 18.5. The van der Waals surface area contributed by atoms with E-state index < -0.39 is 0 Å². The Morgan fingerprint density at radius 2 is 1.33 bits per heavy atom. The molecule has 2 heteroatoms. The molecule has 7 aromatic rings. The van der Waals surface area contributed by atoms with E-state index in [1.807, 2.05) is 6.07 Å². The Hall–Kier alpha value is -4.04. The van der Waals surface area contributed by atoms with Crippen molar-refractivity contribution in [2.75, 3.05) is 5.32 Å². The maximum atomic E-state index is 6.34. The van der Waals surface area contributed by atoms with E-state index in [0.717, 1.165) is 17.6 Å². The van der Waals surface area contributed by atoms with Crippen LogP contribution < -0.4 is 5.32 Å². The van der Waals surface area contributed by atoms with Crippen molar-refractivity contribution in [2.45, 2.75) is 19.4 Å². The van der Waals surface area contributed by atoms with Crippen LogP contribution in [-0.4, -0.2) is 0 Å². The highest BCUT2D eigenvalue weighted by atomic mass is 16.3. The Kier molecular flexibility index (Phi) is 3.92. The van der Waals surface area contributed by atoms with Crippen molar-refractivity contribution in [2.24, 2.45) is 0 Å². The van der Waals surface area contributed by atoms with Crippen LogP contribution in [0.5, 0.6) is 0 Å². The summed E-state index contributed by atoms with van der Waals surface area (Å²) in [6.07, 6.45) is 0.956. The molecule has 0 saturated carbocycles. The molecule has 1 atom stereocenters. The summed E-state index contributed by atoms with van der Waals surface area (Å²) in [7, 11) is 0. The molecule has 0 aliphatic heterocycles. The minimum atomic E-state index is 0.146. The maximum absolute atomic E-state index is 6.34. The fourth-order valence-electron chi connectivity index (χ4n) is 5.49. The average Bonchev–Trinajstić information content (AvgIpc) is 3.25. The van der Waals surface area contributed by atoms with Crippen molar-refractivity contribution in [1.82, 2.24) is 0 Å². The highest BCUT2D eigenvalue weighted by molar-refractivity contribution is 6.25. The van der Waals surface area contributed by atoms with Gasteiger partial charge in [0.2, 0.25) is 0 Å². The first-order valence-electron chi connectivity index (χ1n) is 11.6. The van der Waals surface area contributed by atoms with Gasteiger partial charge < -0.3 is 9.73 Å². The molecule has 0 radical (unpaired) electrons. The standard InChI is InChI=1S/C31H23NO/c1-2-26(25-11-6-10-23-22-9-3-4-12-28(22)33-31(23)25)32-27-18-16-21-14-13-19-7-5-8-20-15-17-24(27)30(21)29(19)20/h3-18,26,32H,2H2,1H3/t26-/m1/s1. The van der Waals surface area contributed by atoms with E-state index in [1.165, 1.54) is 54.3 Å². The third-order valence-electron chi connectivity index (χ3n) is 7.08. The predicted octanol–water partition coefficient (Wildman–Crippen LogP) is 9.05. The van der Waals surface area contributed by atoms with Crippen molar-refractivity contribution in [1.29, 1.82) is 0 Å². The van der Waals surface area contributed by atoms with Gasteiger partial charge in [-0.25, -0.2) is 0 Å². The van der Waals surface area contributed by atoms with Crippen LogP contribution in [0, 0.1) is 0 Å². The molecule has 0 spiro atoms. The van der Waals surface area contributed by atoms with Crippen molar-refractivity contribution < 1.29 is 4.42 Å². The van der Waals surface area contributed by atoms with Gasteiger partial charge in [0.05, 0.1) is 6.04 Å². The summed E-state index contributed by atoms with van der Waals surface area (Å²) in [6, 6.07) is 34.9. The lowest BCUT2D eigenvalue weighted by Crippen LogP contribution is -2.10. The Morgan fingerprint density at radius 3 is 2.18 bits per heavy atom. The second kappa shape index (κ2) is 6.98. The van der Waals surface area contributed by atoms with Gasteiger partial charge >= 0.3 is 0 Å². The smallest absolute Gasteiger partial charge is 0.140 e. The Bertz CT molecular complexity index is 1780. The number of nitrogens with one attached hydrogen (secondary N) is 1. The first-order chi connectivity index (χ1) is 16.3. The number of hydrogen-bond acceptors (Lipinski definition) is 2. The maximum Gasteiger partial charge on any atom is 0.140 e. The van der Waals surface area contributed by atoms with E-state index in [4.69, 9.17) is 4.42 Å². The summed E-state index contributed by atoms with van der Waals surface area (Å²) in [6.45, 7) is 2.23. The highest BCUT2D eigenvalue weighted by Gasteiger charge is 2.19. The van der Waals surface area contributed by atoms with Crippen LogP contribution in [0.2, 0.25) is 0 Å². The summed E-state index contributed by atoms with van der Waals surface area (Å²) >= 11 is 0. The van der Waals surface area contributed by atoms with Gasteiger partial charge in [0.1, 0.15) is 11.2 Å². The van der Waals surface area contributed by atoms with E-state index >= 15 is 0 Å². The predicted molar refractivity (Wildman–Crippen MR) is 141 cm³/mol. The molecule has 6 aromatic carbocycles. The van der Waals surface area contributed by atoms with E-state index in [1.54, 1.807) is 0 Å². The van der Waals surface area contributed by atoms with E-state index in [0.29, 0.717) is 0 Å². The summed E-state index contributed by atoms with van der Waals surface area (Å²) < 4.78 is 6.34. The lowest BCUT2D eigenvalue weighted by molar-refractivity contribution is 0.649. The second-order valence-corrected chi connectivity index (χ2v) is 8.90. The van der Waals surface area contributed by atoms with Crippen LogP contribution in [0.15, 0.2) is 101 Å². The van der Waals surface area contributed by atoms with Gasteiger partial charge in [0, 0.05) is 27.4 Å².